The summed E-state index contributed by atoms with van der Waals surface area (Å²) in [7, 11) is 3.84. The van der Waals surface area contributed by atoms with E-state index in [2.05, 4.69) is 0 Å². The van der Waals surface area contributed by atoms with Crippen molar-refractivity contribution < 1.29 is 71.7 Å². The first-order chi connectivity index (χ1) is 21.6. The van der Waals surface area contributed by atoms with Crippen LogP contribution in [0.4, 0.5) is 0 Å². The molecule has 0 bridgehead atoms. The van der Waals surface area contributed by atoms with E-state index < -0.39 is 79.0 Å². The first-order valence-electron chi connectivity index (χ1n) is 14.3. The molecule has 0 aromatic heterocycles. The second kappa shape index (κ2) is 16.7. The van der Waals surface area contributed by atoms with E-state index in [4.69, 9.17) is 42.6 Å². The molecule has 0 spiro atoms. The second-order valence-electron chi connectivity index (χ2n) is 9.72. The van der Waals surface area contributed by atoms with Crippen LogP contribution in [-0.4, -0.2) is 107 Å². The molecule has 3 rings (SSSR count). The second-order valence-corrected chi connectivity index (χ2v) is 9.72. The number of ether oxygens (including phenoxy) is 9. The number of hydrogen-bond donors (Lipinski definition) is 1. The SMILES string of the molecule is CCOC(=O)[C@H]1C/C=C\C[C@H](C(=O)OCC)C(=O)O[C@H]2[C@@H](OC)O[C@H](CO)[C@@H](OC(=O)c3c(OC)cccc3OC)[C@@H]2OC1=O. The van der Waals surface area contributed by atoms with Gasteiger partial charge >= 0.3 is 29.8 Å². The third-order valence-corrected chi connectivity index (χ3v) is 7.00. The number of esters is 5. The van der Waals surface area contributed by atoms with Gasteiger partial charge in [0.15, 0.2) is 36.4 Å². The van der Waals surface area contributed by atoms with Crippen LogP contribution < -0.4 is 9.47 Å². The molecular weight excluding hydrogens is 600 g/mol. The van der Waals surface area contributed by atoms with Crippen molar-refractivity contribution in [3.8, 4) is 11.5 Å². The Balaban J connectivity index is 2.14. The Kier molecular flexibility index (Phi) is 13.1. The Morgan fingerprint density at radius 3 is 1.80 bits per heavy atom. The summed E-state index contributed by atoms with van der Waals surface area (Å²) < 4.78 is 49.0. The lowest BCUT2D eigenvalue weighted by Crippen LogP contribution is -2.63. The van der Waals surface area contributed by atoms with Crippen LogP contribution in [0.25, 0.3) is 0 Å². The maximum absolute atomic E-state index is 13.6. The first-order valence-corrected chi connectivity index (χ1v) is 14.3. The predicted octanol–water partition coefficient (Wildman–Crippen LogP) is 1.13. The summed E-state index contributed by atoms with van der Waals surface area (Å²) >= 11 is 0. The third kappa shape index (κ3) is 8.29. The van der Waals surface area contributed by atoms with Gasteiger partial charge < -0.3 is 47.7 Å². The highest BCUT2D eigenvalue weighted by Gasteiger charge is 2.54. The summed E-state index contributed by atoms with van der Waals surface area (Å²) in [6.45, 7) is 2.30. The van der Waals surface area contributed by atoms with E-state index in [0.29, 0.717) is 0 Å². The van der Waals surface area contributed by atoms with E-state index in [1.165, 1.54) is 45.6 Å². The van der Waals surface area contributed by atoms with Gasteiger partial charge in [-0.3, -0.25) is 19.2 Å². The summed E-state index contributed by atoms with van der Waals surface area (Å²) in [5, 5.41) is 10.2. The van der Waals surface area contributed by atoms with Gasteiger partial charge in [0.2, 0.25) is 0 Å². The average molecular weight is 639 g/mol. The highest BCUT2D eigenvalue weighted by atomic mass is 16.7. The monoisotopic (exact) mass is 638 g/mol. The fraction of sp³-hybridized carbons (Fsp3) is 0.567. The molecule has 1 aromatic rings. The van der Waals surface area contributed by atoms with Gasteiger partial charge in [-0.05, 0) is 38.8 Å². The standard InChI is InChI=1S/C30H38O15/c1-6-40-25(32)16-11-8-9-12-17(26(33)41-7-2)28(35)45-24-23(44-27(16)34)22(20(15-31)42-30(24)39-5)43-29(36)21-18(37-3)13-10-14-19(21)38-4/h8-10,13-14,16-17,20,22-24,30-31H,6-7,11-12,15H2,1-5H3/b9-8-/t16-,17-,20-,22-,23+,24-,30+/m1/s1. The molecule has 0 unspecified atom stereocenters. The van der Waals surface area contributed by atoms with Crippen LogP contribution in [0.1, 0.15) is 37.0 Å². The predicted molar refractivity (Wildman–Crippen MR) is 150 cm³/mol. The van der Waals surface area contributed by atoms with Crippen LogP contribution in [0.3, 0.4) is 0 Å². The van der Waals surface area contributed by atoms with Crippen LogP contribution >= 0.6 is 0 Å². The summed E-state index contributed by atoms with van der Waals surface area (Å²) in [4.78, 5) is 66.1. The van der Waals surface area contributed by atoms with Gasteiger partial charge in [0.1, 0.15) is 23.2 Å². The van der Waals surface area contributed by atoms with E-state index in [1.54, 1.807) is 19.9 Å². The van der Waals surface area contributed by atoms with E-state index in [0.717, 1.165) is 0 Å². The zero-order valence-corrected chi connectivity index (χ0v) is 25.6. The van der Waals surface area contributed by atoms with Crippen LogP contribution in [0, 0.1) is 11.8 Å². The molecule has 7 atom stereocenters. The Morgan fingerprint density at radius 1 is 0.844 bits per heavy atom. The molecule has 15 heteroatoms. The lowest BCUT2D eigenvalue weighted by molar-refractivity contribution is -0.301. The molecule has 0 saturated carbocycles. The number of aliphatic hydroxyl groups is 1. The number of benzene rings is 1. The number of allylic oxidation sites excluding steroid dienone is 2. The number of rotatable bonds is 10. The normalized spacial score (nSPS) is 27.6. The van der Waals surface area contributed by atoms with Gasteiger partial charge in [-0.25, -0.2) is 4.79 Å². The fourth-order valence-electron chi connectivity index (χ4n) is 4.81. The van der Waals surface area contributed by atoms with Crippen LogP contribution in [0.15, 0.2) is 30.4 Å². The molecule has 2 aliphatic rings. The largest absolute Gasteiger partial charge is 0.496 e. The molecule has 1 N–H and O–H groups in total. The van der Waals surface area contributed by atoms with Crippen LogP contribution in [-0.2, 0) is 52.3 Å². The Bertz CT molecular complexity index is 1220. The highest BCUT2D eigenvalue weighted by molar-refractivity contribution is 5.97. The van der Waals surface area contributed by atoms with Gasteiger partial charge in [0.25, 0.3) is 0 Å². The topological polar surface area (TPSA) is 189 Å². The number of hydrogen-bond acceptors (Lipinski definition) is 15. The Hall–Kier alpha value is -4.21. The van der Waals surface area contributed by atoms with Crippen LogP contribution in [0.5, 0.6) is 11.5 Å². The number of carbonyl (C=O) groups is 5. The minimum atomic E-state index is -1.72. The van der Waals surface area contributed by atoms with Crippen molar-refractivity contribution >= 4 is 29.8 Å². The van der Waals surface area contributed by atoms with E-state index >= 15 is 0 Å². The molecule has 0 aliphatic carbocycles. The van der Waals surface area contributed by atoms with E-state index in [9.17, 15) is 29.1 Å². The molecule has 1 fully saturated rings. The van der Waals surface area contributed by atoms with Gasteiger partial charge in [-0.15, -0.1) is 0 Å². The summed E-state index contributed by atoms with van der Waals surface area (Å²) in [5.41, 5.74) is -0.141. The van der Waals surface area contributed by atoms with Crippen molar-refractivity contribution in [2.45, 2.75) is 57.4 Å². The van der Waals surface area contributed by atoms with Gasteiger partial charge in [0.05, 0.1) is 34.0 Å². The average Bonchev–Trinajstić information content (AvgIpc) is 3.03. The van der Waals surface area contributed by atoms with Crippen molar-refractivity contribution in [3.05, 3.63) is 35.9 Å². The van der Waals surface area contributed by atoms with Crippen LogP contribution in [0.2, 0.25) is 0 Å². The molecule has 2 aliphatic heterocycles. The first kappa shape index (κ1) is 35.3. The maximum Gasteiger partial charge on any atom is 0.346 e. The van der Waals surface area contributed by atoms with Crippen molar-refractivity contribution in [3.63, 3.8) is 0 Å². The zero-order valence-electron chi connectivity index (χ0n) is 25.6. The Morgan fingerprint density at radius 2 is 1.36 bits per heavy atom. The molecule has 248 valence electrons. The quantitative estimate of drug-likeness (QED) is 0.166. The maximum atomic E-state index is 13.6. The number of carbonyl (C=O) groups excluding carboxylic acids is 5. The van der Waals surface area contributed by atoms with Crippen molar-refractivity contribution in [1.29, 1.82) is 0 Å². The van der Waals surface area contributed by atoms with E-state index in [1.807, 2.05) is 0 Å². The fourth-order valence-corrected chi connectivity index (χ4v) is 4.81. The molecule has 0 amide bonds. The van der Waals surface area contributed by atoms with E-state index in [-0.39, 0.29) is 43.1 Å². The summed E-state index contributed by atoms with van der Waals surface area (Å²) in [6, 6.07) is 4.54. The molecule has 1 aromatic carbocycles. The van der Waals surface area contributed by atoms with Gasteiger partial charge in [-0.1, -0.05) is 18.2 Å². The minimum Gasteiger partial charge on any atom is -0.496 e. The van der Waals surface area contributed by atoms with Crippen molar-refractivity contribution in [1.82, 2.24) is 0 Å². The van der Waals surface area contributed by atoms with Gasteiger partial charge in [0, 0.05) is 7.11 Å². The van der Waals surface area contributed by atoms with Gasteiger partial charge in [-0.2, -0.15) is 0 Å². The molecule has 1 saturated heterocycles. The summed E-state index contributed by atoms with van der Waals surface area (Å²) in [6.07, 6.45) is -5.44. The smallest absolute Gasteiger partial charge is 0.346 e. The molecule has 45 heavy (non-hydrogen) atoms. The zero-order chi connectivity index (χ0) is 33.1. The van der Waals surface area contributed by atoms with Crippen molar-refractivity contribution in [2.24, 2.45) is 11.8 Å². The lowest BCUT2D eigenvalue weighted by Gasteiger charge is -2.44. The third-order valence-electron chi connectivity index (χ3n) is 7.00. The van der Waals surface area contributed by atoms with Crippen molar-refractivity contribution in [2.75, 3.05) is 41.2 Å². The number of aliphatic hydroxyl groups excluding tert-OH is 1. The highest BCUT2D eigenvalue weighted by Crippen LogP contribution is 2.34. The lowest BCUT2D eigenvalue weighted by atomic mass is 9.96. The molecular formula is C30H38O15. The Labute approximate surface area is 259 Å². The molecule has 0 radical (unpaired) electrons. The number of fused-ring (bicyclic) bond motifs is 1. The molecule has 15 nitrogen and oxygen atoms in total. The minimum absolute atomic E-state index is 0.0205. The molecule has 2 heterocycles. The number of methoxy groups -OCH3 is 3. The summed E-state index contributed by atoms with van der Waals surface area (Å²) in [5.74, 6) is -7.77.